The van der Waals surface area contributed by atoms with Crippen LogP contribution in [0.25, 0.3) is 23.8 Å². The van der Waals surface area contributed by atoms with Gasteiger partial charge in [-0.1, -0.05) is 66.8 Å². The van der Waals surface area contributed by atoms with Gasteiger partial charge in [-0.15, -0.1) is 0 Å². The SMILES string of the molecule is CC1=c2\cccc\c2=C\C=c2\cccc\c2=C\1. The molecule has 0 heterocycles. The van der Waals surface area contributed by atoms with Crippen molar-refractivity contribution in [3.05, 3.63) is 69.4 Å². The molecule has 0 fully saturated rings. The maximum Gasteiger partial charge on any atom is -0.0155 e. The zero-order valence-corrected chi connectivity index (χ0v) is 9.85. The molecule has 0 N–H and O–H groups in total. The molecule has 0 saturated heterocycles. The van der Waals surface area contributed by atoms with Gasteiger partial charge in [0.05, 0.1) is 0 Å². The molecular formula is C17H14. The maximum atomic E-state index is 2.26. The van der Waals surface area contributed by atoms with E-state index in [1.165, 1.54) is 26.4 Å². The average Bonchev–Trinajstić information content (AvgIpc) is 2.36. The fraction of sp³-hybridized carbons (Fsp3) is 0.0588. The molecule has 1 aliphatic carbocycles. The minimum Gasteiger partial charge on any atom is -0.0616 e. The summed E-state index contributed by atoms with van der Waals surface area (Å²) in [5.41, 5.74) is 1.32. The maximum absolute atomic E-state index is 2.26. The molecule has 2 aromatic rings. The second-order valence-corrected chi connectivity index (χ2v) is 4.38. The molecule has 0 nitrogen and oxygen atoms in total. The summed E-state index contributed by atoms with van der Waals surface area (Å²) in [5, 5.41) is 5.17. The second kappa shape index (κ2) is 4.06. The van der Waals surface area contributed by atoms with Crippen molar-refractivity contribution in [1.29, 1.82) is 0 Å². The highest BCUT2D eigenvalue weighted by atomic mass is 14.0. The number of rotatable bonds is 0. The lowest BCUT2D eigenvalue weighted by Gasteiger charge is -1.99. The Labute approximate surface area is 101 Å². The van der Waals surface area contributed by atoms with Crippen LogP contribution in [0.5, 0.6) is 0 Å². The molecule has 0 heteroatoms. The summed E-state index contributed by atoms with van der Waals surface area (Å²) in [4.78, 5) is 0. The van der Waals surface area contributed by atoms with Gasteiger partial charge in [0.2, 0.25) is 0 Å². The van der Waals surface area contributed by atoms with E-state index in [-0.39, 0.29) is 0 Å². The van der Waals surface area contributed by atoms with Crippen molar-refractivity contribution in [2.24, 2.45) is 0 Å². The van der Waals surface area contributed by atoms with Gasteiger partial charge in [-0.25, -0.2) is 0 Å². The first kappa shape index (κ1) is 10.1. The van der Waals surface area contributed by atoms with Crippen LogP contribution < -0.4 is 20.9 Å². The van der Waals surface area contributed by atoms with Gasteiger partial charge in [0, 0.05) is 0 Å². The molecule has 0 atom stereocenters. The summed E-state index contributed by atoms with van der Waals surface area (Å²) >= 11 is 0. The Hall–Kier alpha value is -2.08. The van der Waals surface area contributed by atoms with Crippen LogP contribution >= 0.6 is 0 Å². The Morgan fingerprint density at radius 1 is 0.647 bits per heavy atom. The lowest BCUT2D eigenvalue weighted by atomic mass is 10.1. The van der Waals surface area contributed by atoms with Crippen LogP contribution in [0.3, 0.4) is 0 Å². The molecule has 2 aromatic carbocycles. The molecule has 0 amide bonds. The standard InChI is InChI=1S/C17H14/c1-13-12-16-8-3-2-6-14(16)10-11-15-7-4-5-9-17(13)15/h2-12H,1H3/b11-10?,13-12?,14-10-,15-11-,16-12-,17-13-. The monoisotopic (exact) mass is 218 g/mol. The summed E-state index contributed by atoms with van der Waals surface area (Å²) < 4.78 is 0. The van der Waals surface area contributed by atoms with Crippen LogP contribution in [0.15, 0.2) is 48.5 Å². The van der Waals surface area contributed by atoms with E-state index in [0.717, 1.165) is 0 Å². The van der Waals surface area contributed by atoms with Crippen molar-refractivity contribution in [3.8, 4) is 0 Å². The lowest BCUT2D eigenvalue weighted by molar-refractivity contribution is 1.46. The first-order valence-corrected chi connectivity index (χ1v) is 5.89. The van der Waals surface area contributed by atoms with Crippen LogP contribution in [0.4, 0.5) is 0 Å². The summed E-state index contributed by atoms with van der Waals surface area (Å²) in [6.07, 6.45) is 6.65. The zero-order chi connectivity index (χ0) is 11.7. The Morgan fingerprint density at radius 2 is 1.24 bits per heavy atom. The Balaban J connectivity index is 2.52. The number of hydrogen-bond donors (Lipinski definition) is 0. The highest BCUT2D eigenvalue weighted by Crippen LogP contribution is 1.91. The van der Waals surface area contributed by atoms with Crippen molar-refractivity contribution in [3.63, 3.8) is 0 Å². The number of benzene rings is 2. The molecule has 0 aromatic heterocycles. The van der Waals surface area contributed by atoms with Gasteiger partial charge < -0.3 is 0 Å². The van der Waals surface area contributed by atoms with Gasteiger partial charge in [0.1, 0.15) is 0 Å². The summed E-state index contributed by atoms with van der Waals surface area (Å²) in [5.74, 6) is 0. The quantitative estimate of drug-likeness (QED) is 0.616. The van der Waals surface area contributed by atoms with Gasteiger partial charge in [-0.05, 0) is 33.4 Å². The Kier molecular flexibility index (Phi) is 2.41. The van der Waals surface area contributed by atoms with E-state index < -0.39 is 0 Å². The van der Waals surface area contributed by atoms with Crippen molar-refractivity contribution < 1.29 is 0 Å². The minimum absolute atomic E-state index is 1.28. The molecule has 17 heavy (non-hydrogen) atoms. The third-order valence-corrected chi connectivity index (χ3v) is 3.20. The first-order valence-electron chi connectivity index (χ1n) is 5.89. The largest absolute Gasteiger partial charge is 0.0616 e. The van der Waals surface area contributed by atoms with E-state index in [2.05, 4.69) is 73.7 Å². The van der Waals surface area contributed by atoms with Crippen molar-refractivity contribution in [2.45, 2.75) is 6.92 Å². The van der Waals surface area contributed by atoms with E-state index in [9.17, 15) is 0 Å². The molecule has 0 aliphatic heterocycles. The van der Waals surface area contributed by atoms with Gasteiger partial charge in [-0.3, -0.25) is 0 Å². The average molecular weight is 218 g/mol. The third kappa shape index (κ3) is 1.83. The minimum atomic E-state index is 1.28. The van der Waals surface area contributed by atoms with E-state index >= 15 is 0 Å². The van der Waals surface area contributed by atoms with Gasteiger partial charge in [0.25, 0.3) is 0 Å². The Bertz CT molecular complexity index is 792. The van der Waals surface area contributed by atoms with Crippen molar-refractivity contribution in [2.75, 3.05) is 0 Å². The van der Waals surface area contributed by atoms with Crippen LogP contribution in [0.1, 0.15) is 6.92 Å². The molecule has 82 valence electrons. The number of fused-ring (bicyclic) bond motifs is 2. The van der Waals surface area contributed by atoms with Gasteiger partial charge in [-0.2, -0.15) is 0 Å². The Morgan fingerprint density at radius 3 is 2.06 bits per heavy atom. The normalized spacial score (nSPS) is 22.3. The van der Waals surface area contributed by atoms with Crippen molar-refractivity contribution in [1.82, 2.24) is 0 Å². The second-order valence-electron chi connectivity index (χ2n) is 4.38. The molecule has 0 unspecified atom stereocenters. The van der Waals surface area contributed by atoms with E-state index in [1.807, 2.05) is 0 Å². The summed E-state index contributed by atoms with van der Waals surface area (Å²) in [6, 6.07) is 17.0. The highest BCUT2D eigenvalue weighted by molar-refractivity contribution is 5.77. The fourth-order valence-electron chi connectivity index (χ4n) is 2.29. The highest BCUT2D eigenvalue weighted by Gasteiger charge is 1.93. The first-order chi connectivity index (χ1) is 8.34. The van der Waals surface area contributed by atoms with Crippen LogP contribution in [-0.4, -0.2) is 0 Å². The summed E-state index contributed by atoms with van der Waals surface area (Å²) in [7, 11) is 0. The lowest BCUT2D eigenvalue weighted by Crippen LogP contribution is -2.30. The summed E-state index contributed by atoms with van der Waals surface area (Å²) in [6.45, 7) is 2.18. The molecule has 3 rings (SSSR count). The van der Waals surface area contributed by atoms with Gasteiger partial charge in [0.15, 0.2) is 0 Å². The number of hydrogen-bond acceptors (Lipinski definition) is 0. The molecule has 0 spiro atoms. The third-order valence-electron chi connectivity index (χ3n) is 3.20. The predicted octanol–water partition coefficient (Wildman–Crippen LogP) is 0.913. The molecule has 0 radical (unpaired) electrons. The van der Waals surface area contributed by atoms with Crippen molar-refractivity contribution >= 4 is 23.8 Å². The smallest absolute Gasteiger partial charge is 0.0155 e. The van der Waals surface area contributed by atoms with Crippen LogP contribution in [-0.2, 0) is 0 Å². The molecular weight excluding hydrogens is 204 g/mol. The topological polar surface area (TPSA) is 0 Å². The van der Waals surface area contributed by atoms with E-state index in [1.54, 1.807) is 0 Å². The van der Waals surface area contributed by atoms with Crippen LogP contribution in [0.2, 0.25) is 0 Å². The predicted molar refractivity (Wildman–Crippen MR) is 73.9 cm³/mol. The van der Waals surface area contributed by atoms with Crippen LogP contribution in [0, 0.1) is 0 Å². The van der Waals surface area contributed by atoms with E-state index in [0.29, 0.717) is 0 Å². The van der Waals surface area contributed by atoms with Gasteiger partial charge >= 0.3 is 0 Å². The zero-order valence-electron chi connectivity index (χ0n) is 9.85. The molecule has 1 aliphatic rings. The van der Waals surface area contributed by atoms with E-state index in [4.69, 9.17) is 0 Å². The fourth-order valence-corrected chi connectivity index (χ4v) is 2.29. The molecule has 0 saturated carbocycles. The molecule has 0 bridgehead atoms.